The molecule has 136 valence electrons. The molecule has 1 aromatic carbocycles. The summed E-state index contributed by atoms with van der Waals surface area (Å²) in [5.74, 6) is 0.392. The van der Waals surface area contributed by atoms with Gasteiger partial charge in [-0.3, -0.25) is 14.8 Å². The maximum Gasteiger partial charge on any atom is 0.225 e. The number of nitrogens with zero attached hydrogens (tertiary/aromatic N) is 3. The first-order valence-corrected chi connectivity index (χ1v) is 9.58. The van der Waals surface area contributed by atoms with Crippen LogP contribution in [0.1, 0.15) is 50.1 Å². The first kappa shape index (κ1) is 17.1. The molecule has 1 aliphatic carbocycles. The highest BCUT2D eigenvalue weighted by Crippen LogP contribution is 2.34. The van der Waals surface area contributed by atoms with Gasteiger partial charge in [0.25, 0.3) is 0 Å². The number of hydrogen-bond donors (Lipinski definition) is 0. The Morgan fingerprint density at radius 3 is 2.69 bits per heavy atom. The molecular weight excluding hydrogens is 329 g/mol. The molecule has 1 aromatic heterocycles. The van der Waals surface area contributed by atoms with Crippen LogP contribution in [0.2, 0.25) is 0 Å². The fraction of sp³-hybridized carbons (Fsp3) is 0.476. The minimum Gasteiger partial charge on any atom is -0.342 e. The Labute approximate surface area is 153 Å². The first-order valence-electron chi connectivity index (χ1n) is 9.58. The summed E-state index contributed by atoms with van der Waals surface area (Å²) < 4.78 is 13.7. The number of hydrogen-bond acceptors (Lipinski definition) is 3. The Morgan fingerprint density at radius 2 is 1.88 bits per heavy atom. The third-order valence-corrected chi connectivity index (χ3v) is 5.65. The van der Waals surface area contributed by atoms with Gasteiger partial charge in [-0.1, -0.05) is 25.0 Å². The lowest BCUT2D eigenvalue weighted by Crippen LogP contribution is -2.42. The van der Waals surface area contributed by atoms with Crippen molar-refractivity contribution in [2.45, 2.75) is 44.4 Å². The van der Waals surface area contributed by atoms with Crippen LogP contribution in [0.5, 0.6) is 0 Å². The minimum absolute atomic E-state index is 0.154. The van der Waals surface area contributed by atoms with E-state index >= 15 is 0 Å². The normalized spacial score (nSPS) is 21.1. The van der Waals surface area contributed by atoms with E-state index in [1.807, 2.05) is 11.0 Å². The number of amides is 1. The average Bonchev–Trinajstić information content (AvgIpc) is 3.22. The first-order chi connectivity index (χ1) is 12.7. The van der Waals surface area contributed by atoms with E-state index in [1.165, 1.54) is 25.0 Å². The fourth-order valence-corrected chi connectivity index (χ4v) is 4.34. The Morgan fingerprint density at radius 1 is 1.08 bits per heavy atom. The molecule has 4 nitrogen and oxygen atoms in total. The van der Waals surface area contributed by atoms with Gasteiger partial charge in [-0.25, -0.2) is 4.39 Å². The second-order valence-corrected chi connectivity index (χ2v) is 7.41. The third-order valence-electron chi connectivity index (χ3n) is 5.65. The molecule has 0 unspecified atom stereocenters. The summed E-state index contributed by atoms with van der Waals surface area (Å²) in [5, 5.41) is 0. The number of halogens is 1. The van der Waals surface area contributed by atoms with Gasteiger partial charge < -0.3 is 4.90 Å². The van der Waals surface area contributed by atoms with Crippen LogP contribution in [0, 0.1) is 11.7 Å². The molecule has 0 bridgehead atoms. The van der Waals surface area contributed by atoms with Crippen molar-refractivity contribution < 1.29 is 9.18 Å². The monoisotopic (exact) mass is 353 g/mol. The van der Waals surface area contributed by atoms with E-state index in [4.69, 9.17) is 0 Å². The smallest absolute Gasteiger partial charge is 0.225 e. The quantitative estimate of drug-likeness (QED) is 0.832. The summed E-state index contributed by atoms with van der Waals surface area (Å²) >= 11 is 0. The van der Waals surface area contributed by atoms with Crippen molar-refractivity contribution in [1.82, 2.24) is 14.9 Å². The largest absolute Gasteiger partial charge is 0.342 e. The van der Waals surface area contributed by atoms with Gasteiger partial charge in [0, 0.05) is 42.9 Å². The van der Waals surface area contributed by atoms with Crippen LogP contribution in [-0.2, 0) is 4.79 Å². The van der Waals surface area contributed by atoms with E-state index < -0.39 is 0 Å². The summed E-state index contributed by atoms with van der Waals surface area (Å²) in [6.07, 6.45) is 9.68. The Kier molecular flexibility index (Phi) is 4.96. The third kappa shape index (κ3) is 3.48. The molecule has 1 amide bonds. The van der Waals surface area contributed by atoms with Crippen LogP contribution >= 0.6 is 0 Å². The fourth-order valence-electron chi connectivity index (χ4n) is 4.34. The van der Waals surface area contributed by atoms with Crippen molar-refractivity contribution in [1.29, 1.82) is 0 Å². The lowest BCUT2D eigenvalue weighted by molar-refractivity contribution is -0.136. The molecule has 0 N–H and O–H groups in total. The highest BCUT2D eigenvalue weighted by atomic mass is 19.1. The summed E-state index contributed by atoms with van der Waals surface area (Å²) in [4.78, 5) is 23.9. The van der Waals surface area contributed by atoms with Crippen molar-refractivity contribution in [2.24, 2.45) is 5.92 Å². The molecule has 1 saturated heterocycles. The Balaban J connectivity index is 1.58. The van der Waals surface area contributed by atoms with Crippen molar-refractivity contribution in [3.05, 3.63) is 48.2 Å². The average molecular weight is 353 g/mol. The van der Waals surface area contributed by atoms with E-state index in [2.05, 4.69) is 9.97 Å². The number of carbonyl (C=O) groups excluding carboxylic acids is 1. The van der Waals surface area contributed by atoms with Crippen molar-refractivity contribution in [3.63, 3.8) is 0 Å². The molecule has 2 fully saturated rings. The van der Waals surface area contributed by atoms with Gasteiger partial charge in [-0.05, 0) is 37.8 Å². The maximum atomic E-state index is 13.7. The molecule has 5 heteroatoms. The minimum atomic E-state index is -0.277. The Hall–Kier alpha value is -2.30. The number of likely N-dealkylation sites (tertiary alicyclic amines) is 1. The molecule has 2 aromatic rings. The highest BCUT2D eigenvalue weighted by Gasteiger charge is 2.32. The second-order valence-electron chi connectivity index (χ2n) is 7.41. The summed E-state index contributed by atoms with van der Waals surface area (Å²) in [6, 6.07) is 6.49. The number of aromatic nitrogens is 2. The predicted octanol–water partition coefficient (Wildman–Crippen LogP) is 4.18. The van der Waals surface area contributed by atoms with Crippen LogP contribution in [-0.4, -0.2) is 33.9 Å². The van der Waals surface area contributed by atoms with Gasteiger partial charge in [-0.15, -0.1) is 0 Å². The standard InChI is InChI=1S/C21H24FN3O/c22-18-9-3-7-16(13-18)19-20(24-11-10-23-19)17-8-4-12-25(14-17)21(26)15-5-1-2-6-15/h3,7,9-11,13,15,17H,1-2,4-6,8,12,14H2/t17-/m1/s1. The molecule has 1 saturated carbocycles. The molecular formula is C21H24FN3O. The lowest BCUT2D eigenvalue weighted by Gasteiger charge is -2.34. The van der Waals surface area contributed by atoms with Crippen molar-refractivity contribution in [3.8, 4) is 11.3 Å². The van der Waals surface area contributed by atoms with E-state index in [-0.39, 0.29) is 17.7 Å². The zero-order chi connectivity index (χ0) is 17.9. The molecule has 1 aliphatic heterocycles. The van der Waals surface area contributed by atoms with Gasteiger partial charge in [0.15, 0.2) is 0 Å². The van der Waals surface area contributed by atoms with Gasteiger partial charge in [-0.2, -0.15) is 0 Å². The van der Waals surface area contributed by atoms with Crippen molar-refractivity contribution in [2.75, 3.05) is 13.1 Å². The van der Waals surface area contributed by atoms with Crippen LogP contribution in [0.25, 0.3) is 11.3 Å². The molecule has 2 aliphatic rings. The van der Waals surface area contributed by atoms with E-state index in [0.717, 1.165) is 49.2 Å². The molecule has 4 rings (SSSR count). The van der Waals surface area contributed by atoms with Gasteiger partial charge >= 0.3 is 0 Å². The second kappa shape index (κ2) is 7.52. The number of benzene rings is 1. The Bertz CT molecular complexity index is 788. The van der Waals surface area contributed by atoms with Crippen LogP contribution in [0.4, 0.5) is 4.39 Å². The molecule has 0 spiro atoms. The van der Waals surface area contributed by atoms with Gasteiger partial charge in [0.1, 0.15) is 5.82 Å². The summed E-state index contributed by atoms with van der Waals surface area (Å²) in [6.45, 7) is 1.53. The van der Waals surface area contributed by atoms with Gasteiger partial charge in [0.05, 0.1) is 11.4 Å². The zero-order valence-corrected chi connectivity index (χ0v) is 14.9. The predicted molar refractivity (Wildman–Crippen MR) is 97.9 cm³/mol. The summed E-state index contributed by atoms with van der Waals surface area (Å²) in [5.41, 5.74) is 2.35. The van der Waals surface area contributed by atoms with Crippen LogP contribution in [0.3, 0.4) is 0 Å². The van der Waals surface area contributed by atoms with Gasteiger partial charge in [0.2, 0.25) is 5.91 Å². The SMILES string of the molecule is O=C(C1CCCC1)N1CCC[C@@H](c2nccnc2-c2cccc(F)c2)C1. The highest BCUT2D eigenvalue weighted by molar-refractivity contribution is 5.79. The summed E-state index contributed by atoms with van der Waals surface area (Å²) in [7, 11) is 0. The number of piperidine rings is 1. The molecule has 26 heavy (non-hydrogen) atoms. The van der Waals surface area contributed by atoms with E-state index in [0.29, 0.717) is 12.5 Å². The maximum absolute atomic E-state index is 13.7. The molecule has 1 atom stereocenters. The van der Waals surface area contributed by atoms with Crippen molar-refractivity contribution >= 4 is 5.91 Å². The number of rotatable bonds is 3. The topological polar surface area (TPSA) is 46.1 Å². The lowest BCUT2D eigenvalue weighted by atomic mass is 9.90. The van der Waals surface area contributed by atoms with Crippen LogP contribution in [0.15, 0.2) is 36.7 Å². The van der Waals surface area contributed by atoms with Crippen LogP contribution < -0.4 is 0 Å². The molecule has 2 heterocycles. The zero-order valence-electron chi connectivity index (χ0n) is 14.9. The number of carbonyl (C=O) groups is 1. The molecule has 0 radical (unpaired) electrons. The van der Waals surface area contributed by atoms with E-state index in [1.54, 1.807) is 18.5 Å². The van der Waals surface area contributed by atoms with E-state index in [9.17, 15) is 9.18 Å².